The predicted octanol–water partition coefficient (Wildman–Crippen LogP) is 1.80. The summed E-state index contributed by atoms with van der Waals surface area (Å²) in [6, 6.07) is 2.01. The predicted molar refractivity (Wildman–Crippen MR) is 52.0 cm³/mol. The molecule has 0 aromatic carbocycles. The second-order valence-corrected chi connectivity index (χ2v) is 4.13. The van der Waals surface area contributed by atoms with Crippen molar-refractivity contribution in [1.82, 2.24) is 4.98 Å². The van der Waals surface area contributed by atoms with Gasteiger partial charge in [-0.15, -0.1) is 0 Å². The van der Waals surface area contributed by atoms with Crippen molar-refractivity contribution in [2.24, 2.45) is 5.41 Å². The molecule has 0 spiro atoms. The van der Waals surface area contributed by atoms with Crippen LogP contribution in [0.25, 0.3) is 0 Å². The van der Waals surface area contributed by atoms with Gasteiger partial charge in [0.2, 0.25) is 0 Å². The Hall–Kier alpha value is -1.38. The van der Waals surface area contributed by atoms with E-state index in [1.165, 1.54) is 0 Å². The van der Waals surface area contributed by atoms with Crippen molar-refractivity contribution in [3.63, 3.8) is 0 Å². The van der Waals surface area contributed by atoms with Crippen LogP contribution in [0.2, 0.25) is 0 Å². The summed E-state index contributed by atoms with van der Waals surface area (Å²) >= 11 is 0. The summed E-state index contributed by atoms with van der Waals surface area (Å²) in [5, 5.41) is 9.01. The molecule has 74 valence electrons. The first-order valence-corrected chi connectivity index (χ1v) is 4.76. The summed E-state index contributed by atoms with van der Waals surface area (Å²) < 4.78 is 0. The first-order valence-electron chi connectivity index (χ1n) is 4.76. The van der Waals surface area contributed by atoms with E-state index in [1.54, 1.807) is 12.4 Å². The summed E-state index contributed by atoms with van der Waals surface area (Å²) in [6.45, 7) is 1.97. The van der Waals surface area contributed by atoms with Crippen LogP contribution in [0, 0.1) is 12.3 Å². The minimum atomic E-state index is -0.668. The Morgan fingerprint density at radius 2 is 2.29 bits per heavy atom. The zero-order chi connectivity index (χ0) is 10.2. The van der Waals surface area contributed by atoms with E-state index in [0.717, 1.165) is 24.0 Å². The molecule has 0 amide bonds. The van der Waals surface area contributed by atoms with Crippen LogP contribution in [0.5, 0.6) is 0 Å². The number of aromatic nitrogens is 1. The molecule has 1 fully saturated rings. The van der Waals surface area contributed by atoms with Gasteiger partial charge in [-0.1, -0.05) is 6.07 Å². The molecule has 3 heteroatoms. The Morgan fingerprint density at radius 1 is 1.57 bits per heavy atom. The van der Waals surface area contributed by atoms with Gasteiger partial charge in [0.05, 0.1) is 5.41 Å². The summed E-state index contributed by atoms with van der Waals surface area (Å²) in [6.07, 6.45) is 5.77. The first-order chi connectivity index (χ1) is 6.62. The number of aliphatic carboxylic acids is 1. The normalized spacial score (nSPS) is 17.8. The molecule has 0 atom stereocenters. The second-order valence-electron chi connectivity index (χ2n) is 4.13. The minimum absolute atomic E-state index is 0.477. The van der Waals surface area contributed by atoms with Gasteiger partial charge in [0.25, 0.3) is 0 Å². The van der Waals surface area contributed by atoms with Gasteiger partial charge in [-0.3, -0.25) is 9.78 Å². The molecule has 0 saturated heterocycles. The van der Waals surface area contributed by atoms with E-state index in [9.17, 15) is 4.79 Å². The SMILES string of the molecule is Cc1cncc(CC2(C(=O)O)CC2)c1. The van der Waals surface area contributed by atoms with Gasteiger partial charge < -0.3 is 5.11 Å². The van der Waals surface area contributed by atoms with Crippen molar-refractivity contribution in [3.8, 4) is 0 Å². The molecule has 14 heavy (non-hydrogen) atoms. The van der Waals surface area contributed by atoms with Gasteiger partial charge in [-0.05, 0) is 37.3 Å². The zero-order valence-electron chi connectivity index (χ0n) is 8.16. The lowest BCUT2D eigenvalue weighted by atomic mass is 9.97. The highest BCUT2D eigenvalue weighted by Gasteiger charge is 2.49. The molecule has 3 nitrogen and oxygen atoms in total. The van der Waals surface area contributed by atoms with Crippen molar-refractivity contribution in [2.75, 3.05) is 0 Å². The molecule has 0 bridgehead atoms. The van der Waals surface area contributed by atoms with Crippen molar-refractivity contribution >= 4 is 5.97 Å². The molecular formula is C11H13NO2. The highest BCUT2D eigenvalue weighted by Crippen LogP contribution is 2.48. The van der Waals surface area contributed by atoms with E-state index in [4.69, 9.17) is 5.11 Å². The zero-order valence-corrected chi connectivity index (χ0v) is 8.16. The van der Waals surface area contributed by atoms with Crippen molar-refractivity contribution in [3.05, 3.63) is 29.6 Å². The largest absolute Gasteiger partial charge is 0.481 e. The third-order valence-electron chi connectivity index (χ3n) is 2.78. The van der Waals surface area contributed by atoms with Gasteiger partial charge in [0, 0.05) is 12.4 Å². The van der Waals surface area contributed by atoms with Gasteiger partial charge in [-0.2, -0.15) is 0 Å². The fraction of sp³-hybridized carbons (Fsp3) is 0.455. The Labute approximate surface area is 82.8 Å². The number of rotatable bonds is 3. The first kappa shape index (κ1) is 9.19. The molecule has 2 rings (SSSR count). The Bertz CT molecular complexity index is 369. The number of hydrogen-bond acceptors (Lipinski definition) is 2. The molecule has 1 aromatic rings. The Kier molecular flexibility index (Phi) is 2.02. The maximum atomic E-state index is 11.0. The van der Waals surface area contributed by atoms with Gasteiger partial charge in [0.1, 0.15) is 0 Å². The van der Waals surface area contributed by atoms with E-state index >= 15 is 0 Å². The number of pyridine rings is 1. The molecule has 1 N–H and O–H groups in total. The lowest BCUT2D eigenvalue weighted by molar-refractivity contribution is -0.143. The van der Waals surface area contributed by atoms with E-state index in [0.29, 0.717) is 6.42 Å². The third-order valence-corrected chi connectivity index (χ3v) is 2.78. The topological polar surface area (TPSA) is 50.2 Å². The van der Waals surface area contributed by atoms with E-state index in [2.05, 4.69) is 4.98 Å². The van der Waals surface area contributed by atoms with Crippen molar-refractivity contribution in [2.45, 2.75) is 26.2 Å². The van der Waals surface area contributed by atoms with Crippen LogP contribution in [0.1, 0.15) is 24.0 Å². The van der Waals surface area contributed by atoms with Crippen LogP contribution >= 0.6 is 0 Å². The molecule has 0 unspecified atom stereocenters. The average Bonchev–Trinajstić information content (AvgIpc) is 2.85. The van der Waals surface area contributed by atoms with Gasteiger partial charge in [0.15, 0.2) is 0 Å². The standard InChI is InChI=1S/C11H13NO2/c1-8-4-9(7-12-6-8)5-11(2-3-11)10(13)14/h4,6-7H,2-3,5H2,1H3,(H,13,14). The van der Waals surface area contributed by atoms with Crippen LogP contribution in [0.3, 0.4) is 0 Å². The smallest absolute Gasteiger partial charge is 0.309 e. The molecule has 0 radical (unpaired) electrons. The van der Waals surface area contributed by atoms with Gasteiger partial charge >= 0.3 is 5.97 Å². The number of carboxylic acids is 1. The highest BCUT2D eigenvalue weighted by molar-refractivity contribution is 5.78. The summed E-state index contributed by atoms with van der Waals surface area (Å²) in [5.74, 6) is -0.668. The monoisotopic (exact) mass is 191 g/mol. The number of hydrogen-bond donors (Lipinski definition) is 1. The quantitative estimate of drug-likeness (QED) is 0.792. The Balaban J connectivity index is 2.15. The van der Waals surface area contributed by atoms with Crippen molar-refractivity contribution in [1.29, 1.82) is 0 Å². The lowest BCUT2D eigenvalue weighted by Crippen LogP contribution is -2.17. The lowest BCUT2D eigenvalue weighted by Gasteiger charge is -2.09. The molecule has 1 aliphatic rings. The number of carboxylic acid groups (broad SMARTS) is 1. The van der Waals surface area contributed by atoms with Gasteiger partial charge in [-0.25, -0.2) is 0 Å². The van der Waals surface area contributed by atoms with Crippen LogP contribution in [-0.4, -0.2) is 16.1 Å². The maximum Gasteiger partial charge on any atom is 0.309 e. The van der Waals surface area contributed by atoms with Crippen LogP contribution in [0.15, 0.2) is 18.5 Å². The highest BCUT2D eigenvalue weighted by atomic mass is 16.4. The minimum Gasteiger partial charge on any atom is -0.481 e. The van der Waals surface area contributed by atoms with Crippen LogP contribution < -0.4 is 0 Å². The summed E-state index contributed by atoms with van der Waals surface area (Å²) in [5.41, 5.74) is 1.64. The number of aryl methyl sites for hydroxylation is 1. The van der Waals surface area contributed by atoms with Crippen LogP contribution in [-0.2, 0) is 11.2 Å². The Morgan fingerprint density at radius 3 is 2.79 bits per heavy atom. The maximum absolute atomic E-state index is 11.0. The van der Waals surface area contributed by atoms with E-state index < -0.39 is 11.4 Å². The molecular weight excluding hydrogens is 178 g/mol. The molecule has 1 aromatic heterocycles. The molecule has 0 aliphatic heterocycles. The molecule has 1 heterocycles. The second kappa shape index (κ2) is 3.08. The number of nitrogens with zero attached hydrogens (tertiary/aromatic N) is 1. The number of carbonyl (C=O) groups is 1. The molecule has 1 aliphatic carbocycles. The summed E-state index contributed by atoms with van der Waals surface area (Å²) in [7, 11) is 0. The van der Waals surface area contributed by atoms with E-state index in [-0.39, 0.29) is 0 Å². The summed E-state index contributed by atoms with van der Waals surface area (Å²) in [4.78, 5) is 15.0. The molecule has 1 saturated carbocycles. The average molecular weight is 191 g/mol. The van der Waals surface area contributed by atoms with E-state index in [1.807, 2.05) is 13.0 Å². The third kappa shape index (κ3) is 1.62. The van der Waals surface area contributed by atoms with Crippen molar-refractivity contribution < 1.29 is 9.90 Å². The fourth-order valence-electron chi connectivity index (χ4n) is 1.72. The fourth-order valence-corrected chi connectivity index (χ4v) is 1.72. The van der Waals surface area contributed by atoms with Crippen LogP contribution in [0.4, 0.5) is 0 Å².